The predicted octanol–water partition coefficient (Wildman–Crippen LogP) is 4.62. The van der Waals surface area contributed by atoms with Crippen LogP contribution in [0.2, 0.25) is 0 Å². The van der Waals surface area contributed by atoms with Gasteiger partial charge in [0.05, 0.1) is 17.3 Å². The minimum atomic E-state index is -0.363. The molecule has 3 heterocycles. The minimum Gasteiger partial charge on any atom is -0.461 e. The minimum absolute atomic E-state index is 0.340. The maximum atomic E-state index is 11.9. The number of fused-ring (bicyclic) bond motifs is 1. The van der Waals surface area contributed by atoms with Crippen LogP contribution in [-0.4, -0.2) is 32.5 Å². The van der Waals surface area contributed by atoms with E-state index in [0.29, 0.717) is 18.2 Å². The highest BCUT2D eigenvalue weighted by Gasteiger charge is 2.12. The fourth-order valence-corrected chi connectivity index (χ4v) is 3.80. The Morgan fingerprint density at radius 3 is 2.82 bits per heavy atom. The quantitative estimate of drug-likeness (QED) is 0.481. The summed E-state index contributed by atoms with van der Waals surface area (Å²) in [5, 5.41) is 5.13. The van der Waals surface area contributed by atoms with Crippen LogP contribution in [0.15, 0.2) is 36.5 Å². The van der Waals surface area contributed by atoms with Crippen molar-refractivity contribution < 1.29 is 9.53 Å². The molecule has 4 rings (SSSR count). The van der Waals surface area contributed by atoms with Gasteiger partial charge in [0.15, 0.2) is 0 Å². The number of benzene rings is 1. The fourth-order valence-electron chi connectivity index (χ4n) is 2.98. The van der Waals surface area contributed by atoms with E-state index in [4.69, 9.17) is 4.74 Å². The number of carbonyl (C=O) groups is 1. The molecular weight excluding hydrogens is 374 g/mol. The van der Waals surface area contributed by atoms with E-state index >= 15 is 0 Å². The van der Waals surface area contributed by atoms with Gasteiger partial charge >= 0.3 is 5.97 Å². The normalized spacial score (nSPS) is 11.0. The number of hydrogen-bond acceptors (Lipinski definition) is 7. The van der Waals surface area contributed by atoms with Crippen LogP contribution in [-0.2, 0) is 4.74 Å². The topological polar surface area (TPSA) is 92.8 Å². The van der Waals surface area contributed by atoms with Crippen LogP contribution >= 0.6 is 11.3 Å². The average molecular weight is 393 g/mol. The Morgan fingerprint density at radius 2 is 2.07 bits per heavy atom. The molecule has 0 aliphatic carbocycles. The lowest BCUT2D eigenvalue weighted by molar-refractivity contribution is 0.0520. The summed E-state index contributed by atoms with van der Waals surface area (Å²) in [5.41, 5.74) is 3.78. The molecular formula is C20H19N5O2S. The van der Waals surface area contributed by atoms with Crippen LogP contribution in [0.25, 0.3) is 22.3 Å². The summed E-state index contributed by atoms with van der Waals surface area (Å²) in [7, 11) is 0. The molecule has 142 valence electrons. The molecule has 2 N–H and O–H groups in total. The number of nitrogens with zero attached hydrogens (tertiary/aromatic N) is 3. The first kappa shape index (κ1) is 18.1. The smallest absolute Gasteiger partial charge is 0.354 e. The third-order valence-electron chi connectivity index (χ3n) is 4.17. The molecule has 0 aliphatic rings. The number of aromatic amines is 1. The third kappa shape index (κ3) is 3.59. The number of esters is 1. The van der Waals surface area contributed by atoms with Crippen molar-refractivity contribution >= 4 is 39.8 Å². The van der Waals surface area contributed by atoms with Crippen LogP contribution in [0.5, 0.6) is 0 Å². The lowest BCUT2D eigenvalue weighted by Gasteiger charge is -2.06. The SMILES string of the molecule is CCOC(=O)c1cc2cc(Nc3nccc(-c4nc(C)sc4C)n3)ccc2[nH]1. The number of carbonyl (C=O) groups excluding carboxylic acids is 1. The molecule has 0 amide bonds. The molecule has 0 saturated carbocycles. The summed E-state index contributed by atoms with van der Waals surface area (Å²) < 4.78 is 5.04. The molecule has 0 radical (unpaired) electrons. The summed E-state index contributed by atoms with van der Waals surface area (Å²) in [6, 6.07) is 9.37. The molecule has 0 spiro atoms. The van der Waals surface area contributed by atoms with Gasteiger partial charge in [0.1, 0.15) is 11.4 Å². The summed E-state index contributed by atoms with van der Waals surface area (Å²) in [6.45, 7) is 6.14. The van der Waals surface area contributed by atoms with Gasteiger partial charge in [-0.25, -0.2) is 19.7 Å². The van der Waals surface area contributed by atoms with Gasteiger partial charge in [-0.15, -0.1) is 11.3 Å². The Hall–Kier alpha value is -3.26. The molecule has 1 aromatic carbocycles. The number of anilines is 2. The van der Waals surface area contributed by atoms with Gasteiger partial charge in [-0.3, -0.25) is 0 Å². The molecule has 0 atom stereocenters. The van der Waals surface area contributed by atoms with E-state index in [9.17, 15) is 4.79 Å². The highest BCUT2D eigenvalue weighted by atomic mass is 32.1. The van der Waals surface area contributed by atoms with Gasteiger partial charge in [-0.2, -0.15) is 0 Å². The lowest BCUT2D eigenvalue weighted by atomic mass is 10.2. The Bertz CT molecular complexity index is 1160. The molecule has 0 unspecified atom stereocenters. The van der Waals surface area contributed by atoms with E-state index in [1.807, 2.05) is 38.1 Å². The van der Waals surface area contributed by atoms with Crippen LogP contribution in [0.4, 0.5) is 11.6 Å². The van der Waals surface area contributed by atoms with Crippen LogP contribution in [0.1, 0.15) is 27.3 Å². The standard InChI is InChI=1S/C20H19N5O2S/c1-4-27-19(26)17-10-13-9-14(5-6-15(13)24-17)23-20-21-8-7-16(25-20)18-11(2)28-12(3)22-18/h5-10,24H,4H2,1-3H3,(H,21,23,25). The number of aromatic nitrogens is 4. The molecule has 3 aromatic heterocycles. The highest BCUT2D eigenvalue weighted by Crippen LogP contribution is 2.27. The molecule has 0 fully saturated rings. The van der Waals surface area contributed by atoms with Gasteiger partial charge in [0.25, 0.3) is 0 Å². The number of nitrogens with one attached hydrogen (secondary N) is 2. The summed E-state index contributed by atoms with van der Waals surface area (Å²) in [4.78, 5) is 29.5. The summed E-state index contributed by atoms with van der Waals surface area (Å²) >= 11 is 1.65. The number of hydrogen-bond donors (Lipinski definition) is 2. The number of aryl methyl sites for hydroxylation is 2. The molecule has 0 saturated heterocycles. The van der Waals surface area contributed by atoms with Gasteiger partial charge in [0.2, 0.25) is 5.95 Å². The second-order valence-electron chi connectivity index (χ2n) is 6.23. The van der Waals surface area contributed by atoms with Gasteiger partial charge < -0.3 is 15.0 Å². The Balaban J connectivity index is 1.60. The van der Waals surface area contributed by atoms with Gasteiger partial charge in [-0.1, -0.05) is 0 Å². The molecule has 8 heteroatoms. The van der Waals surface area contributed by atoms with E-state index in [1.54, 1.807) is 30.5 Å². The second-order valence-corrected chi connectivity index (χ2v) is 7.64. The van der Waals surface area contributed by atoms with Crippen molar-refractivity contribution in [1.82, 2.24) is 19.9 Å². The second kappa shape index (κ2) is 7.40. The van der Waals surface area contributed by atoms with E-state index < -0.39 is 0 Å². The van der Waals surface area contributed by atoms with Crippen LogP contribution in [0, 0.1) is 13.8 Å². The van der Waals surface area contributed by atoms with Crippen molar-refractivity contribution in [3.8, 4) is 11.4 Å². The lowest BCUT2D eigenvalue weighted by Crippen LogP contribution is -2.04. The van der Waals surface area contributed by atoms with Crippen molar-refractivity contribution in [3.63, 3.8) is 0 Å². The number of rotatable bonds is 5. The molecule has 7 nitrogen and oxygen atoms in total. The zero-order valence-electron chi connectivity index (χ0n) is 15.7. The van der Waals surface area contributed by atoms with Crippen LogP contribution in [0.3, 0.4) is 0 Å². The van der Waals surface area contributed by atoms with E-state index in [0.717, 1.165) is 37.9 Å². The molecule has 0 bridgehead atoms. The number of thiazole rings is 1. The largest absolute Gasteiger partial charge is 0.461 e. The summed E-state index contributed by atoms with van der Waals surface area (Å²) in [6.07, 6.45) is 1.71. The van der Waals surface area contributed by atoms with E-state index in [1.165, 1.54) is 0 Å². The van der Waals surface area contributed by atoms with E-state index in [2.05, 4.69) is 25.3 Å². The predicted molar refractivity (Wildman–Crippen MR) is 110 cm³/mol. The molecule has 4 aromatic rings. The van der Waals surface area contributed by atoms with Crippen molar-refractivity contribution in [2.45, 2.75) is 20.8 Å². The van der Waals surface area contributed by atoms with Gasteiger partial charge in [-0.05, 0) is 51.1 Å². The zero-order valence-corrected chi connectivity index (χ0v) is 16.6. The molecule has 28 heavy (non-hydrogen) atoms. The number of H-pyrrole nitrogens is 1. The first-order chi connectivity index (χ1) is 13.5. The van der Waals surface area contributed by atoms with Crippen LogP contribution < -0.4 is 5.32 Å². The molecule has 0 aliphatic heterocycles. The Morgan fingerprint density at radius 1 is 1.21 bits per heavy atom. The highest BCUT2D eigenvalue weighted by molar-refractivity contribution is 7.11. The monoisotopic (exact) mass is 393 g/mol. The first-order valence-electron chi connectivity index (χ1n) is 8.88. The zero-order chi connectivity index (χ0) is 19.7. The number of ether oxygens (including phenoxy) is 1. The Kier molecular flexibility index (Phi) is 4.79. The van der Waals surface area contributed by atoms with E-state index in [-0.39, 0.29) is 5.97 Å². The summed E-state index contributed by atoms with van der Waals surface area (Å²) in [5.74, 6) is 0.126. The van der Waals surface area contributed by atoms with Crippen molar-refractivity contribution in [2.24, 2.45) is 0 Å². The third-order valence-corrected chi connectivity index (χ3v) is 5.06. The fraction of sp³-hybridized carbons (Fsp3) is 0.200. The van der Waals surface area contributed by atoms with Crippen molar-refractivity contribution in [2.75, 3.05) is 11.9 Å². The maximum Gasteiger partial charge on any atom is 0.354 e. The Labute approximate surface area is 165 Å². The maximum absolute atomic E-state index is 11.9. The van der Waals surface area contributed by atoms with Gasteiger partial charge in [0, 0.05) is 27.7 Å². The first-order valence-corrected chi connectivity index (χ1v) is 9.69. The van der Waals surface area contributed by atoms with Crippen molar-refractivity contribution in [1.29, 1.82) is 0 Å². The average Bonchev–Trinajstić information content (AvgIpc) is 3.24. The van der Waals surface area contributed by atoms with Crippen molar-refractivity contribution in [3.05, 3.63) is 52.1 Å².